The van der Waals surface area contributed by atoms with Gasteiger partial charge >= 0.3 is 0 Å². The molecule has 2 aromatic carbocycles. The molecule has 3 rings (SSSR count). The number of nitrogens with zero attached hydrogens (tertiary/aromatic N) is 1. The van der Waals surface area contributed by atoms with E-state index >= 15 is 0 Å². The van der Waals surface area contributed by atoms with Crippen LogP contribution in [0.3, 0.4) is 0 Å². The van der Waals surface area contributed by atoms with Crippen molar-refractivity contribution in [2.45, 2.75) is 13.0 Å². The molecule has 0 aliphatic carbocycles. The van der Waals surface area contributed by atoms with Gasteiger partial charge in [-0.15, -0.1) is 0 Å². The smallest absolute Gasteiger partial charge is 0.261 e. The molecule has 0 saturated heterocycles. The Labute approximate surface area is 159 Å². The normalized spacial score (nSPS) is 12.9. The Morgan fingerprint density at radius 3 is 2.62 bits per heavy atom. The van der Waals surface area contributed by atoms with Gasteiger partial charge in [-0.3, -0.25) is 19.3 Å². The Kier molecular flexibility index (Phi) is 5.37. The van der Waals surface area contributed by atoms with Crippen LogP contribution >= 0.6 is 15.9 Å². The number of carbonyl (C=O) groups excluding carboxylic acids is 3. The van der Waals surface area contributed by atoms with Gasteiger partial charge in [0.1, 0.15) is 5.75 Å². The summed E-state index contributed by atoms with van der Waals surface area (Å²) < 4.78 is 5.97. The molecule has 0 fully saturated rings. The molecular formula is C19H17BrN2O4. The van der Waals surface area contributed by atoms with Crippen LogP contribution in [0.1, 0.15) is 32.7 Å². The molecule has 7 heteroatoms. The van der Waals surface area contributed by atoms with Crippen LogP contribution in [0, 0.1) is 0 Å². The van der Waals surface area contributed by atoms with Gasteiger partial charge < -0.3 is 10.1 Å². The number of nitrogens with one attached hydrogen (secondary N) is 1. The van der Waals surface area contributed by atoms with Crippen LogP contribution < -0.4 is 10.1 Å². The number of halogens is 1. The lowest BCUT2D eigenvalue weighted by Gasteiger charge is -2.14. The molecule has 0 atom stereocenters. The number of ether oxygens (including phenoxy) is 1. The van der Waals surface area contributed by atoms with Gasteiger partial charge in [0, 0.05) is 29.5 Å². The molecule has 26 heavy (non-hydrogen) atoms. The van der Waals surface area contributed by atoms with Crippen LogP contribution in [-0.2, 0) is 11.3 Å². The van der Waals surface area contributed by atoms with E-state index in [4.69, 9.17) is 4.74 Å². The third-order valence-corrected chi connectivity index (χ3v) is 4.66. The molecule has 1 heterocycles. The molecule has 0 saturated carbocycles. The molecular weight excluding hydrogens is 400 g/mol. The summed E-state index contributed by atoms with van der Waals surface area (Å²) in [4.78, 5) is 37.9. The molecule has 1 aliphatic rings. The molecule has 2 aromatic rings. The summed E-state index contributed by atoms with van der Waals surface area (Å²) in [5.74, 6) is -0.286. The van der Waals surface area contributed by atoms with Crippen molar-refractivity contribution in [3.8, 4) is 5.75 Å². The van der Waals surface area contributed by atoms with Crippen LogP contribution in [0.5, 0.6) is 5.75 Å². The largest absolute Gasteiger partial charge is 0.496 e. The van der Waals surface area contributed by atoms with Gasteiger partial charge in [-0.2, -0.15) is 0 Å². The SMILES string of the molecule is COc1ccccc1CNC(=O)CCN1C(=O)c2ccc(Br)cc2C1=O. The van der Waals surface area contributed by atoms with Crippen molar-refractivity contribution < 1.29 is 19.1 Å². The average Bonchev–Trinajstić information content (AvgIpc) is 2.88. The molecule has 0 aromatic heterocycles. The van der Waals surface area contributed by atoms with Crippen molar-refractivity contribution in [3.05, 3.63) is 63.6 Å². The molecule has 134 valence electrons. The van der Waals surface area contributed by atoms with Gasteiger partial charge in [0.05, 0.1) is 18.2 Å². The molecule has 6 nitrogen and oxygen atoms in total. The lowest BCUT2D eigenvalue weighted by Crippen LogP contribution is -2.34. The number of rotatable bonds is 6. The van der Waals surface area contributed by atoms with E-state index in [9.17, 15) is 14.4 Å². The van der Waals surface area contributed by atoms with Crippen molar-refractivity contribution in [1.82, 2.24) is 10.2 Å². The fourth-order valence-electron chi connectivity index (χ4n) is 2.81. The Bertz CT molecular complexity index is 882. The predicted octanol–water partition coefficient (Wildman–Crippen LogP) is 2.76. The van der Waals surface area contributed by atoms with E-state index in [1.807, 2.05) is 24.3 Å². The van der Waals surface area contributed by atoms with Crippen molar-refractivity contribution in [2.75, 3.05) is 13.7 Å². The standard InChI is InChI=1S/C19H17BrN2O4/c1-26-16-5-3-2-4-12(16)11-21-17(23)8-9-22-18(24)14-7-6-13(20)10-15(14)19(22)25/h2-7,10H,8-9,11H2,1H3,(H,21,23). The summed E-state index contributed by atoms with van der Waals surface area (Å²) in [5, 5.41) is 2.78. The van der Waals surface area contributed by atoms with Gasteiger partial charge in [0.2, 0.25) is 5.91 Å². The van der Waals surface area contributed by atoms with Gasteiger partial charge in [-0.05, 0) is 24.3 Å². The number of hydrogen-bond acceptors (Lipinski definition) is 4. The Morgan fingerprint density at radius 2 is 1.85 bits per heavy atom. The number of fused-ring (bicyclic) bond motifs is 1. The Hall–Kier alpha value is -2.67. The fourth-order valence-corrected chi connectivity index (χ4v) is 3.17. The summed E-state index contributed by atoms with van der Waals surface area (Å²) in [6.07, 6.45) is 0.0434. The number of carbonyl (C=O) groups is 3. The molecule has 0 radical (unpaired) electrons. The van der Waals surface area contributed by atoms with Crippen LogP contribution in [0.4, 0.5) is 0 Å². The van der Waals surface area contributed by atoms with Gasteiger partial charge in [-0.1, -0.05) is 34.1 Å². The van der Waals surface area contributed by atoms with E-state index < -0.39 is 0 Å². The van der Waals surface area contributed by atoms with Crippen molar-refractivity contribution in [3.63, 3.8) is 0 Å². The quantitative estimate of drug-likeness (QED) is 0.734. The number of para-hydroxylation sites is 1. The molecule has 0 bridgehead atoms. The topological polar surface area (TPSA) is 75.7 Å². The highest BCUT2D eigenvalue weighted by Crippen LogP contribution is 2.26. The highest BCUT2D eigenvalue weighted by Gasteiger charge is 2.35. The minimum atomic E-state index is -0.371. The zero-order valence-electron chi connectivity index (χ0n) is 14.1. The fraction of sp³-hybridized carbons (Fsp3) is 0.211. The third kappa shape index (κ3) is 3.62. The molecule has 1 N–H and O–H groups in total. The second-order valence-electron chi connectivity index (χ2n) is 5.79. The van der Waals surface area contributed by atoms with Crippen molar-refractivity contribution in [1.29, 1.82) is 0 Å². The Balaban J connectivity index is 1.57. The first-order chi connectivity index (χ1) is 12.5. The van der Waals surface area contributed by atoms with Crippen LogP contribution in [0.2, 0.25) is 0 Å². The summed E-state index contributed by atoms with van der Waals surface area (Å²) in [7, 11) is 1.57. The highest BCUT2D eigenvalue weighted by molar-refractivity contribution is 9.10. The van der Waals surface area contributed by atoms with Crippen LogP contribution in [0.15, 0.2) is 46.9 Å². The third-order valence-electron chi connectivity index (χ3n) is 4.16. The van der Waals surface area contributed by atoms with E-state index in [0.29, 0.717) is 23.4 Å². The maximum Gasteiger partial charge on any atom is 0.261 e. The van der Waals surface area contributed by atoms with Crippen molar-refractivity contribution in [2.24, 2.45) is 0 Å². The van der Waals surface area contributed by atoms with E-state index in [0.717, 1.165) is 14.9 Å². The number of methoxy groups -OCH3 is 1. The molecule has 0 unspecified atom stereocenters. The monoisotopic (exact) mass is 416 g/mol. The number of benzene rings is 2. The number of hydrogen-bond donors (Lipinski definition) is 1. The maximum atomic E-state index is 12.4. The summed E-state index contributed by atoms with van der Waals surface area (Å²) in [6, 6.07) is 12.3. The highest BCUT2D eigenvalue weighted by atomic mass is 79.9. The van der Waals surface area contributed by atoms with Gasteiger partial charge in [0.15, 0.2) is 0 Å². The lowest BCUT2D eigenvalue weighted by molar-refractivity contribution is -0.121. The zero-order valence-corrected chi connectivity index (χ0v) is 15.7. The first kappa shape index (κ1) is 18.1. The molecule has 1 aliphatic heterocycles. The molecule has 3 amide bonds. The predicted molar refractivity (Wildman–Crippen MR) is 99.0 cm³/mol. The van der Waals surface area contributed by atoms with E-state index in [-0.39, 0.29) is 30.7 Å². The first-order valence-corrected chi connectivity index (χ1v) is 8.85. The number of amides is 3. The van der Waals surface area contributed by atoms with E-state index in [1.165, 1.54) is 0 Å². The van der Waals surface area contributed by atoms with Crippen LogP contribution in [0.25, 0.3) is 0 Å². The second-order valence-corrected chi connectivity index (χ2v) is 6.71. The maximum absolute atomic E-state index is 12.4. The zero-order chi connectivity index (χ0) is 18.7. The number of imide groups is 1. The second kappa shape index (κ2) is 7.70. The summed E-state index contributed by atoms with van der Waals surface area (Å²) in [5.41, 5.74) is 1.58. The molecule has 0 spiro atoms. The van der Waals surface area contributed by atoms with E-state index in [1.54, 1.807) is 25.3 Å². The van der Waals surface area contributed by atoms with Crippen LogP contribution in [-0.4, -0.2) is 36.3 Å². The lowest BCUT2D eigenvalue weighted by atomic mass is 10.1. The Morgan fingerprint density at radius 1 is 1.12 bits per heavy atom. The minimum absolute atomic E-state index is 0.0434. The summed E-state index contributed by atoms with van der Waals surface area (Å²) >= 11 is 3.29. The van der Waals surface area contributed by atoms with E-state index in [2.05, 4.69) is 21.2 Å². The first-order valence-electron chi connectivity index (χ1n) is 8.05. The average molecular weight is 417 g/mol. The van der Waals surface area contributed by atoms with Crippen molar-refractivity contribution >= 4 is 33.7 Å². The van der Waals surface area contributed by atoms with Gasteiger partial charge in [-0.25, -0.2) is 0 Å². The van der Waals surface area contributed by atoms with Gasteiger partial charge in [0.25, 0.3) is 11.8 Å². The minimum Gasteiger partial charge on any atom is -0.496 e. The summed E-state index contributed by atoms with van der Waals surface area (Å²) in [6.45, 7) is 0.361.